The number of aromatic nitrogens is 3. The summed E-state index contributed by atoms with van der Waals surface area (Å²) >= 11 is 0.593. The summed E-state index contributed by atoms with van der Waals surface area (Å²) in [6.07, 6.45) is -0.996. The Morgan fingerprint density at radius 2 is 1.75 bits per heavy atom. The van der Waals surface area contributed by atoms with Crippen molar-refractivity contribution in [2.75, 3.05) is 22.8 Å². The maximum absolute atomic E-state index is 12.5. The molecule has 10 heteroatoms. The molecule has 0 spiro atoms. The highest BCUT2D eigenvalue weighted by Crippen LogP contribution is 2.37. The van der Waals surface area contributed by atoms with E-state index >= 15 is 0 Å². The quantitative estimate of drug-likeness (QED) is 0.323. The Morgan fingerprint density at radius 3 is 2.53 bits per heavy atom. The second kappa shape index (κ2) is 9.31. The lowest BCUT2D eigenvalue weighted by atomic mass is 10.1. The molecule has 164 valence electrons. The summed E-state index contributed by atoms with van der Waals surface area (Å²) < 4.78 is 46.5. The molecule has 2 heterocycles. The van der Waals surface area contributed by atoms with Crippen LogP contribution >= 0.6 is 11.9 Å². The van der Waals surface area contributed by atoms with Crippen molar-refractivity contribution in [3.8, 4) is 22.9 Å². The molecule has 0 aliphatic heterocycles. The van der Waals surface area contributed by atoms with Gasteiger partial charge in [-0.05, 0) is 42.3 Å². The first-order valence-electron chi connectivity index (χ1n) is 9.55. The van der Waals surface area contributed by atoms with Gasteiger partial charge in [-0.3, -0.25) is 0 Å². The van der Waals surface area contributed by atoms with E-state index < -0.39 is 11.9 Å². The first kappa shape index (κ1) is 21.7. The van der Waals surface area contributed by atoms with Crippen LogP contribution < -0.4 is 14.8 Å². The zero-order valence-corrected chi connectivity index (χ0v) is 17.7. The molecule has 2 aromatic heterocycles. The first-order chi connectivity index (χ1) is 15.4. The van der Waals surface area contributed by atoms with E-state index in [-0.39, 0.29) is 0 Å². The van der Waals surface area contributed by atoms with Crippen molar-refractivity contribution >= 4 is 34.4 Å². The van der Waals surface area contributed by atoms with Gasteiger partial charge in [-0.2, -0.15) is 13.2 Å². The lowest BCUT2D eigenvalue weighted by molar-refractivity contribution is -0.105. The SMILES string of the molecule is CNc1nccc(-c2cccnc2Oc2ccc(NSCC(F)(F)F)c3ccccc23)n1. The van der Waals surface area contributed by atoms with Gasteiger partial charge in [-0.15, -0.1) is 0 Å². The molecule has 0 aliphatic rings. The molecule has 4 aromatic rings. The fourth-order valence-electron chi connectivity index (χ4n) is 3.05. The van der Waals surface area contributed by atoms with Crippen LogP contribution in [0.2, 0.25) is 0 Å². The number of benzene rings is 2. The van der Waals surface area contributed by atoms with Gasteiger partial charge in [0.25, 0.3) is 0 Å². The van der Waals surface area contributed by atoms with E-state index in [1.807, 2.05) is 30.3 Å². The molecular weight excluding hydrogens is 439 g/mol. The van der Waals surface area contributed by atoms with Gasteiger partial charge < -0.3 is 14.8 Å². The lowest BCUT2D eigenvalue weighted by Gasteiger charge is -2.15. The first-order valence-corrected chi connectivity index (χ1v) is 10.5. The summed E-state index contributed by atoms with van der Waals surface area (Å²) in [6.45, 7) is 0. The molecular formula is C22H18F3N5OS. The number of nitrogens with one attached hydrogen (secondary N) is 2. The highest BCUT2D eigenvalue weighted by molar-refractivity contribution is 8.00. The smallest absolute Gasteiger partial charge is 0.399 e. The zero-order chi connectivity index (χ0) is 22.6. The minimum Gasteiger partial charge on any atom is -0.438 e. The predicted molar refractivity (Wildman–Crippen MR) is 121 cm³/mol. The molecule has 2 aromatic carbocycles. The van der Waals surface area contributed by atoms with Gasteiger partial charge in [-0.25, -0.2) is 15.0 Å². The second-order valence-electron chi connectivity index (χ2n) is 6.64. The molecule has 6 nitrogen and oxygen atoms in total. The summed E-state index contributed by atoms with van der Waals surface area (Å²) in [6, 6.07) is 16.1. The molecule has 0 saturated heterocycles. The van der Waals surface area contributed by atoms with E-state index in [1.165, 1.54) is 0 Å². The minimum absolute atomic E-state index is 0.352. The van der Waals surface area contributed by atoms with Crippen molar-refractivity contribution < 1.29 is 17.9 Å². The number of halogens is 3. The fraction of sp³-hybridized carbons (Fsp3) is 0.136. The van der Waals surface area contributed by atoms with Crippen LogP contribution in [0.5, 0.6) is 11.6 Å². The molecule has 2 N–H and O–H groups in total. The van der Waals surface area contributed by atoms with Crippen molar-refractivity contribution in [3.63, 3.8) is 0 Å². The van der Waals surface area contributed by atoms with E-state index in [9.17, 15) is 13.2 Å². The number of pyridine rings is 1. The standard InChI is InChI=1S/C22H18F3N5OS/c1-26-21-28-12-10-17(29-21)16-7-4-11-27-20(16)31-19-9-8-18(30-32-13-22(23,24)25)14-5-2-3-6-15(14)19/h2-12,30H,13H2,1H3,(H,26,28,29). The van der Waals surface area contributed by atoms with E-state index in [4.69, 9.17) is 4.74 Å². The maximum Gasteiger partial charge on any atom is 0.399 e. The number of fused-ring (bicyclic) bond motifs is 1. The molecule has 0 bridgehead atoms. The van der Waals surface area contributed by atoms with Crippen LogP contribution in [0.1, 0.15) is 0 Å². The predicted octanol–water partition coefficient (Wildman–Crippen LogP) is 6.15. The summed E-state index contributed by atoms with van der Waals surface area (Å²) in [4.78, 5) is 12.9. The van der Waals surface area contributed by atoms with Gasteiger partial charge in [0.1, 0.15) is 11.5 Å². The van der Waals surface area contributed by atoms with Crippen LogP contribution in [0.25, 0.3) is 22.0 Å². The van der Waals surface area contributed by atoms with E-state index in [0.717, 1.165) is 10.8 Å². The highest BCUT2D eigenvalue weighted by Gasteiger charge is 2.27. The Hall–Kier alpha value is -3.53. The van der Waals surface area contributed by atoms with E-state index in [2.05, 4.69) is 25.0 Å². The highest BCUT2D eigenvalue weighted by atomic mass is 32.2. The maximum atomic E-state index is 12.5. The Balaban J connectivity index is 1.67. The Bertz CT molecular complexity index is 1240. The van der Waals surface area contributed by atoms with Crippen LogP contribution in [-0.2, 0) is 0 Å². The van der Waals surface area contributed by atoms with Crippen molar-refractivity contribution in [1.29, 1.82) is 0 Å². The van der Waals surface area contributed by atoms with E-state index in [0.29, 0.717) is 46.5 Å². The molecule has 0 aliphatic carbocycles. The number of hydrogen-bond acceptors (Lipinski definition) is 7. The molecule has 32 heavy (non-hydrogen) atoms. The van der Waals surface area contributed by atoms with Gasteiger partial charge in [-0.1, -0.05) is 24.3 Å². The van der Waals surface area contributed by atoms with Gasteiger partial charge in [0.05, 0.1) is 16.9 Å². The zero-order valence-electron chi connectivity index (χ0n) is 16.8. The van der Waals surface area contributed by atoms with Crippen LogP contribution in [0, 0.1) is 0 Å². The summed E-state index contributed by atoms with van der Waals surface area (Å²) in [5, 5.41) is 4.37. The summed E-state index contributed by atoms with van der Waals surface area (Å²) in [7, 11) is 1.73. The molecule has 0 fully saturated rings. The molecule has 0 unspecified atom stereocenters. The van der Waals surface area contributed by atoms with Crippen molar-refractivity contribution in [3.05, 3.63) is 67.0 Å². The molecule has 4 rings (SSSR count). The molecule has 0 amide bonds. The van der Waals surface area contributed by atoms with Crippen LogP contribution in [-0.4, -0.2) is 33.9 Å². The molecule has 0 radical (unpaired) electrons. The number of ether oxygens (including phenoxy) is 1. The Morgan fingerprint density at radius 1 is 0.938 bits per heavy atom. The second-order valence-corrected chi connectivity index (χ2v) is 7.42. The van der Waals surface area contributed by atoms with Gasteiger partial charge in [0, 0.05) is 30.2 Å². The number of nitrogens with zero attached hydrogens (tertiary/aromatic N) is 3. The van der Waals surface area contributed by atoms with E-state index in [1.54, 1.807) is 43.7 Å². The number of alkyl halides is 3. The summed E-state index contributed by atoms with van der Waals surface area (Å²) in [5.41, 5.74) is 1.88. The molecule has 0 saturated carbocycles. The third-order valence-electron chi connectivity index (χ3n) is 4.43. The van der Waals surface area contributed by atoms with Crippen LogP contribution in [0.4, 0.5) is 24.8 Å². The van der Waals surface area contributed by atoms with Gasteiger partial charge >= 0.3 is 6.18 Å². The van der Waals surface area contributed by atoms with Gasteiger partial charge in [0.2, 0.25) is 11.8 Å². The van der Waals surface area contributed by atoms with Gasteiger partial charge in [0.15, 0.2) is 0 Å². The topological polar surface area (TPSA) is 72.0 Å². The monoisotopic (exact) mass is 457 g/mol. The number of anilines is 2. The number of rotatable bonds is 7. The third-order valence-corrected chi connectivity index (χ3v) is 5.27. The lowest BCUT2D eigenvalue weighted by Crippen LogP contribution is -2.12. The Kier molecular flexibility index (Phi) is 6.31. The third kappa shape index (κ3) is 5.02. The number of hydrogen-bond donors (Lipinski definition) is 2. The average Bonchev–Trinajstić information content (AvgIpc) is 2.80. The van der Waals surface area contributed by atoms with Crippen molar-refractivity contribution in [2.24, 2.45) is 0 Å². The van der Waals surface area contributed by atoms with Crippen molar-refractivity contribution in [2.45, 2.75) is 6.18 Å². The average molecular weight is 457 g/mol. The Labute approximate surface area is 186 Å². The van der Waals surface area contributed by atoms with Crippen molar-refractivity contribution in [1.82, 2.24) is 15.0 Å². The minimum atomic E-state index is -4.25. The van der Waals surface area contributed by atoms with Crippen LogP contribution in [0.15, 0.2) is 67.0 Å². The van der Waals surface area contributed by atoms with Crippen LogP contribution in [0.3, 0.4) is 0 Å². The fourth-order valence-corrected chi connectivity index (χ4v) is 3.61. The normalized spacial score (nSPS) is 11.4. The largest absolute Gasteiger partial charge is 0.438 e. The summed E-state index contributed by atoms with van der Waals surface area (Å²) in [5.74, 6) is 0.347. The molecule has 0 atom stereocenters.